The fourth-order valence-electron chi connectivity index (χ4n) is 5.60. The zero-order valence-electron chi connectivity index (χ0n) is 28.3. The Hall–Kier alpha value is -3.49. The summed E-state index contributed by atoms with van der Waals surface area (Å²) < 4.78 is 0. The Morgan fingerprint density at radius 1 is 0.750 bits per heavy atom. The van der Waals surface area contributed by atoms with Crippen LogP contribution in [0.15, 0.2) is 117 Å². The van der Waals surface area contributed by atoms with Gasteiger partial charge >= 0.3 is 0 Å². The van der Waals surface area contributed by atoms with Crippen LogP contribution in [-0.4, -0.2) is 39.4 Å². The van der Waals surface area contributed by atoms with Gasteiger partial charge in [-0.2, -0.15) is 0 Å². The molecule has 0 saturated heterocycles. The quantitative estimate of drug-likeness (QED) is 0.195. The maximum atomic E-state index is 12.2. The van der Waals surface area contributed by atoms with Gasteiger partial charge in [0.1, 0.15) is 12.2 Å². The summed E-state index contributed by atoms with van der Waals surface area (Å²) in [4.78, 5) is 12.2. The molecule has 0 amide bonds. The van der Waals surface area contributed by atoms with E-state index in [0.717, 1.165) is 39.0 Å². The van der Waals surface area contributed by atoms with Crippen molar-refractivity contribution in [1.82, 2.24) is 0 Å². The molecular weight excluding hydrogens is 544 g/mol. The van der Waals surface area contributed by atoms with Gasteiger partial charge in [-0.25, -0.2) is 0 Å². The van der Waals surface area contributed by atoms with Crippen LogP contribution in [0.2, 0.25) is 0 Å². The summed E-state index contributed by atoms with van der Waals surface area (Å²) in [6.45, 7) is 20.0. The van der Waals surface area contributed by atoms with Crippen LogP contribution in [0.3, 0.4) is 0 Å². The molecule has 4 nitrogen and oxygen atoms in total. The van der Waals surface area contributed by atoms with Crippen LogP contribution in [0.25, 0.3) is 0 Å². The van der Waals surface area contributed by atoms with Gasteiger partial charge in [-0.3, -0.25) is 4.79 Å². The molecule has 2 rings (SSSR count). The maximum absolute atomic E-state index is 12.2. The first-order valence-electron chi connectivity index (χ1n) is 15.4. The van der Waals surface area contributed by atoms with E-state index in [1.54, 1.807) is 6.92 Å². The van der Waals surface area contributed by atoms with E-state index in [0.29, 0.717) is 18.4 Å². The zero-order valence-corrected chi connectivity index (χ0v) is 28.3. The number of carbonyl (C=O) groups is 1. The van der Waals surface area contributed by atoms with Crippen molar-refractivity contribution in [3.63, 3.8) is 0 Å². The summed E-state index contributed by atoms with van der Waals surface area (Å²) in [5.41, 5.74) is 6.99. The molecule has 2 aliphatic rings. The van der Waals surface area contributed by atoms with E-state index >= 15 is 0 Å². The molecule has 0 aromatic heterocycles. The van der Waals surface area contributed by atoms with Gasteiger partial charge in [-0.15, -0.1) is 0 Å². The summed E-state index contributed by atoms with van der Waals surface area (Å²) in [5, 5.41) is 30.4. The predicted molar refractivity (Wildman–Crippen MR) is 185 cm³/mol. The molecule has 0 bridgehead atoms. The Morgan fingerprint density at radius 2 is 1.27 bits per heavy atom. The maximum Gasteiger partial charge on any atom is 0.187 e. The number of ketones is 1. The van der Waals surface area contributed by atoms with E-state index < -0.39 is 18.3 Å². The van der Waals surface area contributed by atoms with E-state index in [2.05, 4.69) is 58.6 Å². The number of allylic oxidation sites excluding steroid dienone is 18. The lowest BCUT2D eigenvalue weighted by Crippen LogP contribution is -2.39. The van der Waals surface area contributed by atoms with Crippen molar-refractivity contribution in [2.75, 3.05) is 0 Å². The summed E-state index contributed by atoms with van der Waals surface area (Å²) >= 11 is 0. The van der Waals surface area contributed by atoms with Crippen molar-refractivity contribution >= 4 is 5.78 Å². The molecule has 44 heavy (non-hydrogen) atoms. The van der Waals surface area contributed by atoms with Gasteiger partial charge in [0.05, 0.1) is 6.10 Å². The van der Waals surface area contributed by atoms with Crippen molar-refractivity contribution in [2.24, 2.45) is 10.8 Å². The second-order valence-corrected chi connectivity index (χ2v) is 13.4. The molecule has 0 spiro atoms. The normalized spacial score (nSPS) is 25.7. The molecule has 0 heterocycles. The smallest absolute Gasteiger partial charge is 0.187 e. The highest BCUT2D eigenvalue weighted by Crippen LogP contribution is 2.41. The standard InChI is InChI=1S/C40H52O4/c1-27(17-13-19-29(3)21-23-33-31(5)37(43)35(41)25-39(33,7)8)15-11-12-16-28(2)18-14-20-30(4)22-24-34-32(6)38(44)36(42)26-40(34,9)10/h11-21,23,35-36,38,41-42,44H,25-26H2,1-10H3/b12-11+,17-13+,18-14+,23-21+,27-15+,28-16+,29-19+,30-20+/t35-,36-,38-/m0/s1. The number of hydrogen-bond acceptors (Lipinski definition) is 4. The van der Waals surface area contributed by atoms with Crippen LogP contribution >= 0.6 is 0 Å². The Balaban J connectivity index is 1.96. The first-order valence-corrected chi connectivity index (χ1v) is 15.4. The van der Waals surface area contributed by atoms with Gasteiger partial charge in [-0.1, -0.05) is 129 Å². The molecule has 0 fully saturated rings. The molecule has 3 atom stereocenters. The fourth-order valence-corrected chi connectivity index (χ4v) is 5.60. The van der Waals surface area contributed by atoms with Gasteiger partial charge in [0.2, 0.25) is 0 Å². The molecule has 2 aliphatic carbocycles. The first-order chi connectivity index (χ1) is 20.5. The van der Waals surface area contributed by atoms with Crippen LogP contribution in [-0.2, 0) is 4.79 Å². The van der Waals surface area contributed by atoms with Crippen molar-refractivity contribution in [3.05, 3.63) is 117 Å². The van der Waals surface area contributed by atoms with Gasteiger partial charge in [0.25, 0.3) is 0 Å². The van der Waals surface area contributed by atoms with Crippen LogP contribution in [0.1, 0.15) is 82.1 Å². The molecule has 236 valence electrons. The molecule has 0 aromatic carbocycles. The van der Waals surface area contributed by atoms with Crippen molar-refractivity contribution in [1.29, 1.82) is 0 Å². The van der Waals surface area contributed by atoms with Gasteiger partial charge in [-0.05, 0) is 82.1 Å². The SMILES string of the molecule is CC1=C(/C=C/C(C)=C/C=C/C(C)=C/C=C/C=C(C)/C=C/C=C(\C)C#CC2=C(C)[C@H](O)[C@@H](O)CC2(C)C)C(C)(C)C[C@H](O)C1=O. The number of carbonyl (C=O) groups excluding carboxylic acids is 1. The summed E-state index contributed by atoms with van der Waals surface area (Å²) in [5.74, 6) is 6.26. The molecule has 0 aliphatic heterocycles. The molecule has 0 saturated carbocycles. The topological polar surface area (TPSA) is 77.8 Å². The van der Waals surface area contributed by atoms with Crippen molar-refractivity contribution in [3.8, 4) is 11.8 Å². The van der Waals surface area contributed by atoms with Gasteiger partial charge in [0.15, 0.2) is 5.78 Å². The van der Waals surface area contributed by atoms with Crippen LogP contribution < -0.4 is 0 Å². The van der Waals surface area contributed by atoms with E-state index in [4.69, 9.17) is 0 Å². The molecule has 0 radical (unpaired) electrons. The average Bonchev–Trinajstić information content (AvgIpc) is 2.92. The van der Waals surface area contributed by atoms with E-state index in [1.807, 2.05) is 88.5 Å². The second-order valence-electron chi connectivity index (χ2n) is 13.4. The summed E-state index contributed by atoms with van der Waals surface area (Å²) in [7, 11) is 0. The molecule has 3 N–H and O–H groups in total. The lowest BCUT2D eigenvalue weighted by Gasteiger charge is -2.37. The highest BCUT2D eigenvalue weighted by atomic mass is 16.3. The molecule has 0 aromatic rings. The van der Waals surface area contributed by atoms with Crippen molar-refractivity contribution in [2.45, 2.75) is 100 Å². The third-order valence-corrected chi connectivity index (χ3v) is 8.26. The van der Waals surface area contributed by atoms with Crippen LogP contribution in [0, 0.1) is 22.7 Å². The zero-order chi connectivity index (χ0) is 33.2. The lowest BCUT2D eigenvalue weighted by molar-refractivity contribution is -0.125. The van der Waals surface area contributed by atoms with Crippen LogP contribution in [0.4, 0.5) is 0 Å². The minimum atomic E-state index is -0.907. The van der Waals surface area contributed by atoms with E-state index in [-0.39, 0.29) is 16.6 Å². The summed E-state index contributed by atoms with van der Waals surface area (Å²) in [6.07, 6.45) is 22.7. The Kier molecular flexibility index (Phi) is 13.3. The lowest BCUT2D eigenvalue weighted by atomic mass is 9.71. The number of aliphatic hydroxyl groups excluding tert-OH is 3. The van der Waals surface area contributed by atoms with E-state index in [1.165, 1.54) is 0 Å². The minimum absolute atomic E-state index is 0.175. The number of aliphatic hydroxyl groups is 3. The highest BCUT2D eigenvalue weighted by molar-refractivity contribution is 6.00. The molecular formula is C40H52O4. The minimum Gasteiger partial charge on any atom is -0.390 e. The van der Waals surface area contributed by atoms with Gasteiger partial charge < -0.3 is 15.3 Å². The largest absolute Gasteiger partial charge is 0.390 e. The number of Topliss-reactive ketones (excluding diaryl/α,β-unsaturated/α-hetero) is 1. The first kappa shape index (κ1) is 36.7. The predicted octanol–water partition coefficient (Wildman–Crippen LogP) is 8.14. The number of hydrogen-bond donors (Lipinski definition) is 3. The highest BCUT2D eigenvalue weighted by Gasteiger charge is 2.38. The monoisotopic (exact) mass is 596 g/mol. The van der Waals surface area contributed by atoms with E-state index in [9.17, 15) is 20.1 Å². The van der Waals surface area contributed by atoms with Gasteiger partial charge in [0, 0.05) is 11.0 Å². The number of rotatable bonds is 8. The van der Waals surface area contributed by atoms with Crippen LogP contribution in [0.5, 0.6) is 0 Å². The van der Waals surface area contributed by atoms with Crippen molar-refractivity contribution < 1.29 is 20.1 Å². The second kappa shape index (κ2) is 16.0. The third kappa shape index (κ3) is 10.6. The Bertz CT molecular complexity index is 1460. The molecule has 0 unspecified atom stereocenters. The fraction of sp³-hybridized carbons (Fsp3) is 0.425. The Labute approximate surface area is 266 Å². The average molecular weight is 597 g/mol. The molecule has 4 heteroatoms. The summed E-state index contributed by atoms with van der Waals surface area (Å²) in [6, 6.07) is 0. The third-order valence-electron chi connectivity index (χ3n) is 8.26. The Morgan fingerprint density at radius 3 is 1.86 bits per heavy atom.